The van der Waals surface area contributed by atoms with Crippen LogP contribution in [-0.2, 0) is 19.3 Å². The molecule has 0 amide bonds. The van der Waals surface area contributed by atoms with Gasteiger partial charge in [-0.3, -0.25) is 4.79 Å². The first kappa shape index (κ1) is 13.5. The van der Waals surface area contributed by atoms with Crippen molar-refractivity contribution in [3.63, 3.8) is 0 Å². The van der Waals surface area contributed by atoms with E-state index in [4.69, 9.17) is 0 Å². The summed E-state index contributed by atoms with van der Waals surface area (Å²) in [7, 11) is 0. The summed E-state index contributed by atoms with van der Waals surface area (Å²) in [6, 6.07) is 10.8. The van der Waals surface area contributed by atoms with E-state index in [1.54, 1.807) is 12.1 Å². The highest BCUT2D eigenvalue weighted by atomic mass is 79.9. The summed E-state index contributed by atoms with van der Waals surface area (Å²) in [4.78, 5) is 12.2. The van der Waals surface area contributed by atoms with Gasteiger partial charge in [0.25, 0.3) is 0 Å². The second-order valence-corrected chi connectivity index (χ2v) is 6.04. The van der Waals surface area contributed by atoms with Crippen LogP contribution < -0.4 is 0 Å². The lowest BCUT2D eigenvalue weighted by molar-refractivity contribution is 0.0992. The molecule has 102 valence electrons. The number of rotatable bonds is 3. The Labute approximate surface area is 126 Å². The average Bonchev–Trinajstić information content (AvgIpc) is 2.89. The van der Waals surface area contributed by atoms with Gasteiger partial charge >= 0.3 is 0 Å². The van der Waals surface area contributed by atoms with Gasteiger partial charge in [-0.15, -0.1) is 0 Å². The maximum atomic E-state index is 13.5. The molecule has 0 heterocycles. The maximum absolute atomic E-state index is 13.5. The van der Waals surface area contributed by atoms with Crippen LogP contribution in [0.1, 0.15) is 33.5 Å². The van der Waals surface area contributed by atoms with Crippen molar-refractivity contribution in [1.29, 1.82) is 0 Å². The molecule has 0 fully saturated rings. The van der Waals surface area contributed by atoms with Crippen LogP contribution in [0.25, 0.3) is 0 Å². The van der Waals surface area contributed by atoms with E-state index in [1.807, 2.05) is 6.07 Å². The van der Waals surface area contributed by atoms with Crippen molar-refractivity contribution in [2.45, 2.75) is 25.7 Å². The molecule has 0 saturated heterocycles. The Bertz CT molecular complexity index is 679. The lowest BCUT2D eigenvalue weighted by Gasteiger charge is -2.05. The number of aryl methyl sites for hydroxylation is 2. The molecule has 0 aliphatic heterocycles. The average molecular weight is 333 g/mol. The van der Waals surface area contributed by atoms with Crippen molar-refractivity contribution < 1.29 is 9.18 Å². The number of carbonyl (C=O) groups is 1. The first-order valence-electron chi connectivity index (χ1n) is 6.72. The summed E-state index contributed by atoms with van der Waals surface area (Å²) in [6.07, 6.45) is 3.77. The molecule has 1 aliphatic rings. The van der Waals surface area contributed by atoms with Crippen LogP contribution in [0, 0.1) is 5.82 Å². The van der Waals surface area contributed by atoms with Gasteiger partial charge in [-0.25, -0.2) is 4.39 Å². The number of halogens is 2. The highest BCUT2D eigenvalue weighted by Gasteiger charge is 2.14. The molecule has 1 aliphatic carbocycles. The minimum absolute atomic E-state index is 0.0469. The molecule has 0 atom stereocenters. The molecule has 0 N–H and O–H groups in total. The summed E-state index contributed by atoms with van der Waals surface area (Å²) < 4.78 is 13.8. The summed E-state index contributed by atoms with van der Waals surface area (Å²) >= 11 is 3.09. The van der Waals surface area contributed by atoms with E-state index in [2.05, 4.69) is 28.1 Å². The molecule has 3 heteroatoms. The van der Waals surface area contributed by atoms with E-state index < -0.39 is 5.82 Å². The molecular formula is C17H14BrFO. The minimum atomic E-state index is -0.398. The van der Waals surface area contributed by atoms with Gasteiger partial charge in [0.2, 0.25) is 0 Å². The third-order valence-corrected chi connectivity index (χ3v) is 4.41. The quantitative estimate of drug-likeness (QED) is 0.756. The lowest BCUT2D eigenvalue weighted by Crippen LogP contribution is -2.04. The highest BCUT2D eigenvalue weighted by molar-refractivity contribution is 9.10. The van der Waals surface area contributed by atoms with Crippen molar-refractivity contribution in [3.05, 3.63) is 68.9 Å². The Morgan fingerprint density at radius 1 is 1.10 bits per heavy atom. The Balaban J connectivity index is 1.80. The molecule has 3 rings (SSSR count). The van der Waals surface area contributed by atoms with Crippen LogP contribution >= 0.6 is 15.9 Å². The van der Waals surface area contributed by atoms with E-state index in [9.17, 15) is 9.18 Å². The largest absolute Gasteiger partial charge is 0.294 e. The van der Waals surface area contributed by atoms with Crippen LogP contribution in [0.3, 0.4) is 0 Å². The SMILES string of the molecule is O=C(Cc1ccc2c(c1)CCC2)c1ccc(Br)c(F)c1. The molecule has 1 nitrogen and oxygen atoms in total. The number of hydrogen-bond acceptors (Lipinski definition) is 1. The maximum Gasteiger partial charge on any atom is 0.167 e. The van der Waals surface area contributed by atoms with Crippen molar-refractivity contribution in [2.24, 2.45) is 0 Å². The molecular weight excluding hydrogens is 319 g/mol. The molecule has 0 spiro atoms. The fourth-order valence-corrected chi connectivity index (χ4v) is 2.94. The molecule has 0 saturated carbocycles. The predicted octanol–water partition coefficient (Wildman–Crippen LogP) is 4.50. The van der Waals surface area contributed by atoms with E-state index in [1.165, 1.54) is 23.6 Å². The van der Waals surface area contributed by atoms with Crippen molar-refractivity contribution in [3.8, 4) is 0 Å². The van der Waals surface area contributed by atoms with Gasteiger partial charge in [0.1, 0.15) is 5.82 Å². The molecule has 0 bridgehead atoms. The van der Waals surface area contributed by atoms with E-state index in [0.29, 0.717) is 16.5 Å². The Morgan fingerprint density at radius 2 is 1.90 bits per heavy atom. The number of hydrogen-bond donors (Lipinski definition) is 0. The molecule has 2 aromatic rings. The van der Waals surface area contributed by atoms with Gasteiger partial charge in [0.15, 0.2) is 5.78 Å². The summed E-state index contributed by atoms with van der Waals surface area (Å²) in [6.45, 7) is 0. The molecule has 0 unspecified atom stereocenters. The smallest absolute Gasteiger partial charge is 0.167 e. The van der Waals surface area contributed by atoms with Gasteiger partial charge in [-0.1, -0.05) is 24.3 Å². The van der Waals surface area contributed by atoms with Gasteiger partial charge in [-0.2, -0.15) is 0 Å². The number of fused-ring (bicyclic) bond motifs is 1. The number of carbonyl (C=O) groups excluding carboxylic acids is 1. The third kappa shape index (κ3) is 2.68. The fourth-order valence-electron chi connectivity index (χ4n) is 2.69. The highest BCUT2D eigenvalue weighted by Crippen LogP contribution is 2.24. The zero-order valence-corrected chi connectivity index (χ0v) is 12.5. The summed E-state index contributed by atoms with van der Waals surface area (Å²) in [5.74, 6) is -0.445. The van der Waals surface area contributed by atoms with E-state index in [0.717, 1.165) is 18.4 Å². The number of ketones is 1. The molecule has 0 aromatic heterocycles. The van der Waals surface area contributed by atoms with Crippen LogP contribution in [0.15, 0.2) is 40.9 Å². The van der Waals surface area contributed by atoms with Gasteiger partial charge in [-0.05, 0) is 64.0 Å². The fraction of sp³-hybridized carbons (Fsp3) is 0.235. The topological polar surface area (TPSA) is 17.1 Å². The van der Waals surface area contributed by atoms with Gasteiger partial charge < -0.3 is 0 Å². The Morgan fingerprint density at radius 3 is 2.70 bits per heavy atom. The minimum Gasteiger partial charge on any atom is -0.294 e. The van der Waals surface area contributed by atoms with Gasteiger partial charge in [0.05, 0.1) is 4.47 Å². The van der Waals surface area contributed by atoms with Crippen LogP contribution in [0.5, 0.6) is 0 Å². The second kappa shape index (κ2) is 5.49. The van der Waals surface area contributed by atoms with E-state index >= 15 is 0 Å². The zero-order valence-electron chi connectivity index (χ0n) is 11.0. The first-order chi connectivity index (χ1) is 9.63. The predicted molar refractivity (Wildman–Crippen MR) is 80.6 cm³/mol. The number of Topliss-reactive ketones (excluding diaryl/α,β-unsaturated/α-hetero) is 1. The van der Waals surface area contributed by atoms with Gasteiger partial charge in [0, 0.05) is 12.0 Å². The Kier molecular flexibility index (Phi) is 3.70. The lowest BCUT2D eigenvalue weighted by atomic mass is 9.99. The summed E-state index contributed by atoms with van der Waals surface area (Å²) in [5, 5.41) is 0. The molecule has 2 aromatic carbocycles. The summed E-state index contributed by atoms with van der Waals surface area (Å²) in [5.41, 5.74) is 4.19. The number of benzene rings is 2. The third-order valence-electron chi connectivity index (χ3n) is 3.77. The first-order valence-corrected chi connectivity index (χ1v) is 7.52. The van der Waals surface area contributed by atoms with Crippen molar-refractivity contribution in [2.75, 3.05) is 0 Å². The van der Waals surface area contributed by atoms with Crippen molar-refractivity contribution in [1.82, 2.24) is 0 Å². The Hall–Kier alpha value is -1.48. The van der Waals surface area contributed by atoms with Crippen LogP contribution in [-0.4, -0.2) is 5.78 Å². The molecule has 0 radical (unpaired) electrons. The van der Waals surface area contributed by atoms with Crippen LogP contribution in [0.4, 0.5) is 4.39 Å². The second-order valence-electron chi connectivity index (χ2n) is 5.19. The zero-order chi connectivity index (χ0) is 14.1. The van der Waals surface area contributed by atoms with Crippen LogP contribution in [0.2, 0.25) is 0 Å². The van der Waals surface area contributed by atoms with E-state index in [-0.39, 0.29) is 5.78 Å². The standard InChI is InChI=1S/C17H14BrFO/c18-15-7-6-14(10-16(15)19)17(20)9-11-4-5-12-2-1-3-13(12)8-11/h4-8,10H,1-3,9H2. The molecule has 20 heavy (non-hydrogen) atoms. The monoisotopic (exact) mass is 332 g/mol. The normalized spacial score (nSPS) is 13.3. The van der Waals surface area contributed by atoms with Crippen molar-refractivity contribution >= 4 is 21.7 Å².